The Bertz CT molecular complexity index is 368. The quantitative estimate of drug-likeness (QED) is 0.763. The fourth-order valence-corrected chi connectivity index (χ4v) is 4.31. The Morgan fingerprint density at radius 1 is 1.25 bits per heavy atom. The van der Waals surface area contributed by atoms with Crippen molar-refractivity contribution in [2.24, 2.45) is 5.92 Å². The fraction of sp³-hybridized carbons (Fsp3) is 0.714. The van der Waals surface area contributed by atoms with Crippen LogP contribution in [-0.4, -0.2) is 31.1 Å². The predicted molar refractivity (Wildman–Crippen MR) is 97.8 cm³/mol. The van der Waals surface area contributed by atoms with Crippen molar-refractivity contribution >= 4 is 52.1 Å². The summed E-state index contributed by atoms with van der Waals surface area (Å²) in [5.74, 6) is 0.786. The zero-order valence-electron chi connectivity index (χ0n) is 12.1. The van der Waals surface area contributed by atoms with Crippen LogP contribution in [0.2, 0.25) is 0 Å². The van der Waals surface area contributed by atoms with Gasteiger partial charge in [-0.2, -0.15) is 0 Å². The minimum atomic E-state index is 0. The van der Waals surface area contributed by atoms with E-state index in [9.17, 15) is 0 Å². The summed E-state index contributed by atoms with van der Waals surface area (Å²) in [6, 6.07) is 2.79. The van der Waals surface area contributed by atoms with Gasteiger partial charge in [0.05, 0.1) is 0 Å². The molecule has 0 spiro atoms. The van der Waals surface area contributed by atoms with E-state index in [4.69, 9.17) is 0 Å². The lowest BCUT2D eigenvalue weighted by Crippen LogP contribution is -2.45. The van der Waals surface area contributed by atoms with E-state index < -0.39 is 0 Å². The molecule has 1 atom stereocenters. The molecule has 0 bridgehead atoms. The number of hydrogen-bond donors (Lipinski definition) is 1. The lowest BCUT2D eigenvalue weighted by Gasteiger charge is -2.35. The highest BCUT2D eigenvalue weighted by Crippen LogP contribution is 2.36. The van der Waals surface area contributed by atoms with Crippen molar-refractivity contribution in [3.8, 4) is 0 Å². The van der Waals surface area contributed by atoms with Crippen LogP contribution in [0.4, 0.5) is 0 Å². The van der Waals surface area contributed by atoms with Gasteiger partial charge in [0.1, 0.15) is 0 Å². The standard InChI is InChI=1S/C14H23BrN2S.2ClH/c1-11(2)3-4-13(14-12(15)5-10-18-14)17-8-6-16-7-9-17;;/h5,10-11,13,16H,3-4,6-9H2,1-2H3;2*1H/t13-;;/m1../s1. The minimum absolute atomic E-state index is 0. The highest BCUT2D eigenvalue weighted by molar-refractivity contribution is 9.10. The molecule has 1 N–H and O–H groups in total. The Kier molecular flexibility index (Phi) is 10.8. The fourth-order valence-electron chi connectivity index (χ4n) is 2.51. The van der Waals surface area contributed by atoms with Gasteiger partial charge in [0, 0.05) is 41.6 Å². The molecular formula is C14H25BrCl2N2S. The van der Waals surface area contributed by atoms with Crippen molar-refractivity contribution in [2.75, 3.05) is 26.2 Å². The molecule has 2 heterocycles. The van der Waals surface area contributed by atoms with Crippen LogP contribution in [0.3, 0.4) is 0 Å². The van der Waals surface area contributed by atoms with Gasteiger partial charge in [-0.25, -0.2) is 0 Å². The summed E-state index contributed by atoms with van der Waals surface area (Å²) >= 11 is 5.60. The van der Waals surface area contributed by atoms with Crippen molar-refractivity contribution < 1.29 is 0 Å². The monoisotopic (exact) mass is 402 g/mol. The van der Waals surface area contributed by atoms with Gasteiger partial charge in [0.15, 0.2) is 0 Å². The highest BCUT2D eigenvalue weighted by Gasteiger charge is 2.24. The van der Waals surface area contributed by atoms with E-state index in [0.29, 0.717) is 6.04 Å². The third-order valence-electron chi connectivity index (χ3n) is 3.56. The molecule has 2 rings (SSSR count). The molecule has 1 aliphatic heterocycles. The van der Waals surface area contributed by atoms with Crippen LogP contribution in [0, 0.1) is 5.92 Å². The predicted octanol–water partition coefficient (Wildman–Crippen LogP) is 4.74. The van der Waals surface area contributed by atoms with Crippen LogP contribution in [0.15, 0.2) is 15.9 Å². The molecule has 0 unspecified atom stereocenters. The summed E-state index contributed by atoms with van der Waals surface area (Å²) in [5.41, 5.74) is 0. The number of halogens is 3. The molecule has 0 aliphatic carbocycles. The number of nitrogens with one attached hydrogen (secondary N) is 1. The van der Waals surface area contributed by atoms with Gasteiger partial charge in [-0.1, -0.05) is 13.8 Å². The highest BCUT2D eigenvalue weighted by atomic mass is 79.9. The molecule has 1 aliphatic rings. The summed E-state index contributed by atoms with van der Waals surface area (Å²) in [6.45, 7) is 9.24. The molecule has 118 valence electrons. The molecule has 0 amide bonds. The first-order valence-corrected chi connectivity index (χ1v) is 8.53. The van der Waals surface area contributed by atoms with Crippen molar-refractivity contribution in [1.82, 2.24) is 10.2 Å². The molecule has 6 heteroatoms. The Labute approximate surface area is 147 Å². The molecule has 20 heavy (non-hydrogen) atoms. The largest absolute Gasteiger partial charge is 0.314 e. The zero-order chi connectivity index (χ0) is 13.0. The first kappa shape index (κ1) is 20.7. The van der Waals surface area contributed by atoms with Gasteiger partial charge in [0.25, 0.3) is 0 Å². The summed E-state index contributed by atoms with van der Waals surface area (Å²) in [5, 5.41) is 5.64. The SMILES string of the molecule is CC(C)CC[C@H](c1sccc1Br)N1CCNCC1.Cl.Cl. The van der Waals surface area contributed by atoms with Crippen LogP contribution in [0.25, 0.3) is 0 Å². The van der Waals surface area contributed by atoms with Crippen LogP contribution in [0.5, 0.6) is 0 Å². The molecular weight excluding hydrogens is 379 g/mol. The third-order valence-corrected chi connectivity index (χ3v) is 5.53. The van der Waals surface area contributed by atoms with E-state index in [2.05, 4.69) is 51.4 Å². The summed E-state index contributed by atoms with van der Waals surface area (Å²) in [6.07, 6.45) is 2.58. The van der Waals surface area contributed by atoms with Gasteiger partial charge in [-0.3, -0.25) is 4.90 Å². The van der Waals surface area contributed by atoms with Gasteiger partial charge in [-0.15, -0.1) is 36.2 Å². The summed E-state index contributed by atoms with van der Waals surface area (Å²) in [7, 11) is 0. The first-order valence-electron chi connectivity index (χ1n) is 6.86. The van der Waals surface area contributed by atoms with E-state index in [-0.39, 0.29) is 24.8 Å². The molecule has 0 aromatic carbocycles. The maximum absolute atomic E-state index is 3.71. The third kappa shape index (κ3) is 5.82. The Morgan fingerprint density at radius 3 is 2.40 bits per heavy atom. The van der Waals surface area contributed by atoms with E-state index in [1.807, 2.05) is 11.3 Å². The van der Waals surface area contributed by atoms with E-state index in [1.54, 1.807) is 0 Å². The maximum atomic E-state index is 3.71. The second-order valence-corrected chi connectivity index (χ2v) is 7.21. The van der Waals surface area contributed by atoms with Crippen molar-refractivity contribution in [3.63, 3.8) is 0 Å². The average molecular weight is 404 g/mol. The Hall–Kier alpha value is 0.680. The zero-order valence-corrected chi connectivity index (χ0v) is 16.1. The summed E-state index contributed by atoms with van der Waals surface area (Å²) in [4.78, 5) is 4.16. The number of nitrogens with zero attached hydrogens (tertiary/aromatic N) is 1. The van der Waals surface area contributed by atoms with Crippen molar-refractivity contribution in [2.45, 2.75) is 32.7 Å². The first-order chi connectivity index (χ1) is 8.68. The van der Waals surface area contributed by atoms with E-state index in [0.717, 1.165) is 19.0 Å². The molecule has 0 radical (unpaired) electrons. The van der Waals surface area contributed by atoms with E-state index in [1.165, 1.54) is 35.3 Å². The van der Waals surface area contributed by atoms with Gasteiger partial charge < -0.3 is 5.32 Å². The lowest BCUT2D eigenvalue weighted by atomic mass is 10.0. The van der Waals surface area contributed by atoms with Crippen LogP contribution in [0.1, 0.15) is 37.6 Å². The molecule has 1 aromatic rings. The van der Waals surface area contributed by atoms with Crippen LogP contribution >= 0.6 is 52.1 Å². The topological polar surface area (TPSA) is 15.3 Å². The molecule has 0 saturated carbocycles. The van der Waals surface area contributed by atoms with Gasteiger partial charge in [0.2, 0.25) is 0 Å². The number of piperazine rings is 1. The van der Waals surface area contributed by atoms with Gasteiger partial charge >= 0.3 is 0 Å². The maximum Gasteiger partial charge on any atom is 0.0454 e. The Balaban J connectivity index is 0.00000180. The normalized spacial score (nSPS) is 17.4. The number of thiophene rings is 1. The number of rotatable bonds is 5. The van der Waals surface area contributed by atoms with Crippen molar-refractivity contribution in [3.05, 3.63) is 20.8 Å². The van der Waals surface area contributed by atoms with Crippen LogP contribution in [-0.2, 0) is 0 Å². The van der Waals surface area contributed by atoms with Crippen molar-refractivity contribution in [1.29, 1.82) is 0 Å². The average Bonchev–Trinajstić information content (AvgIpc) is 2.77. The van der Waals surface area contributed by atoms with Gasteiger partial charge in [-0.05, 0) is 46.1 Å². The lowest BCUT2D eigenvalue weighted by molar-refractivity contribution is 0.162. The van der Waals surface area contributed by atoms with E-state index >= 15 is 0 Å². The van der Waals surface area contributed by atoms with Crippen LogP contribution < -0.4 is 5.32 Å². The molecule has 2 nitrogen and oxygen atoms in total. The molecule has 1 aromatic heterocycles. The Morgan fingerprint density at radius 2 is 1.90 bits per heavy atom. The summed E-state index contributed by atoms with van der Waals surface area (Å²) < 4.78 is 1.29. The number of hydrogen-bond acceptors (Lipinski definition) is 3. The molecule has 1 saturated heterocycles. The molecule has 1 fully saturated rings. The smallest absolute Gasteiger partial charge is 0.0454 e. The minimum Gasteiger partial charge on any atom is -0.314 e. The second-order valence-electron chi connectivity index (χ2n) is 5.41. The second kappa shape index (κ2) is 10.4.